The molecule has 27 heavy (non-hydrogen) atoms. The van der Waals surface area contributed by atoms with Gasteiger partial charge in [0.15, 0.2) is 11.0 Å². The Kier molecular flexibility index (Phi) is 7.30. The third-order valence-corrected chi connectivity index (χ3v) is 5.13. The van der Waals surface area contributed by atoms with Crippen LogP contribution in [0.3, 0.4) is 0 Å². The Morgan fingerprint density at radius 1 is 1.00 bits per heavy atom. The molecule has 0 atom stereocenters. The molecule has 5 nitrogen and oxygen atoms in total. The second kappa shape index (κ2) is 10.1. The van der Waals surface area contributed by atoms with Crippen LogP contribution < -0.4 is 4.74 Å². The summed E-state index contributed by atoms with van der Waals surface area (Å²) in [6, 6.07) is 18.4. The maximum atomic E-state index is 5.45. The minimum absolute atomic E-state index is 0.713. The Hall–Kier alpha value is -2.31. The first kappa shape index (κ1) is 19.5. The molecule has 0 bridgehead atoms. The summed E-state index contributed by atoms with van der Waals surface area (Å²) >= 11 is 1.68. The number of methoxy groups -OCH3 is 1. The summed E-state index contributed by atoms with van der Waals surface area (Å²) in [6.07, 6.45) is 0.932. The fraction of sp³-hybridized carbons (Fsp3) is 0.333. The average molecular weight is 384 g/mol. The van der Waals surface area contributed by atoms with Crippen molar-refractivity contribution in [2.24, 2.45) is 0 Å². The molecule has 1 aromatic heterocycles. The molecule has 0 amide bonds. The molecule has 0 unspecified atom stereocenters. The third-order valence-electron chi connectivity index (χ3n) is 4.19. The van der Waals surface area contributed by atoms with E-state index in [0.717, 1.165) is 47.6 Å². The highest BCUT2D eigenvalue weighted by molar-refractivity contribution is 7.99. The van der Waals surface area contributed by atoms with E-state index in [1.165, 1.54) is 5.56 Å². The summed E-state index contributed by atoms with van der Waals surface area (Å²) in [6.45, 7) is 4.28. The minimum Gasteiger partial charge on any atom is -0.497 e. The molecule has 0 fully saturated rings. The van der Waals surface area contributed by atoms with Crippen LogP contribution in [0.15, 0.2) is 59.8 Å². The van der Waals surface area contributed by atoms with Crippen molar-refractivity contribution in [3.05, 3.63) is 60.2 Å². The molecule has 0 N–H and O–H groups in total. The zero-order chi connectivity index (χ0) is 18.9. The molecule has 0 aliphatic heterocycles. The lowest BCUT2D eigenvalue weighted by atomic mass is 10.1. The molecule has 142 valence electrons. The number of thioether (sulfide) groups is 1. The Labute approximate surface area is 164 Å². The Balaban J connectivity index is 1.81. The van der Waals surface area contributed by atoms with Crippen LogP contribution in [0.25, 0.3) is 11.4 Å². The predicted octanol–water partition coefficient (Wildman–Crippen LogP) is 4.33. The Morgan fingerprint density at radius 2 is 1.78 bits per heavy atom. The quantitative estimate of drug-likeness (QED) is 0.385. The molecular weight excluding hydrogens is 358 g/mol. The Bertz CT molecular complexity index is 819. The molecule has 2 aromatic carbocycles. The monoisotopic (exact) mass is 383 g/mol. The lowest BCUT2D eigenvalue weighted by molar-refractivity contribution is 0.164. The number of rotatable bonds is 10. The van der Waals surface area contributed by atoms with Gasteiger partial charge in [-0.05, 0) is 43.2 Å². The molecule has 0 aliphatic carbocycles. The molecule has 0 radical (unpaired) electrons. The van der Waals surface area contributed by atoms with Crippen molar-refractivity contribution in [3.8, 4) is 17.1 Å². The molecule has 3 rings (SSSR count). The van der Waals surface area contributed by atoms with Gasteiger partial charge < -0.3 is 14.0 Å². The van der Waals surface area contributed by atoms with Gasteiger partial charge in [-0.2, -0.15) is 0 Å². The molecule has 0 saturated carbocycles. The van der Waals surface area contributed by atoms with Crippen LogP contribution in [0.4, 0.5) is 0 Å². The van der Waals surface area contributed by atoms with E-state index in [1.807, 2.05) is 37.3 Å². The van der Waals surface area contributed by atoms with E-state index in [4.69, 9.17) is 9.47 Å². The van der Waals surface area contributed by atoms with Crippen molar-refractivity contribution >= 4 is 11.8 Å². The predicted molar refractivity (Wildman–Crippen MR) is 109 cm³/mol. The van der Waals surface area contributed by atoms with Gasteiger partial charge in [-0.25, -0.2) is 0 Å². The molecular formula is C21H25N3O2S. The number of aryl methyl sites for hydroxylation is 1. The Morgan fingerprint density at radius 3 is 2.48 bits per heavy atom. The van der Waals surface area contributed by atoms with Gasteiger partial charge in [0, 0.05) is 24.5 Å². The summed E-state index contributed by atoms with van der Waals surface area (Å²) < 4.78 is 12.9. The topological polar surface area (TPSA) is 49.2 Å². The summed E-state index contributed by atoms with van der Waals surface area (Å²) in [5.41, 5.74) is 2.34. The van der Waals surface area contributed by atoms with Crippen molar-refractivity contribution in [2.75, 3.05) is 26.1 Å². The van der Waals surface area contributed by atoms with E-state index in [9.17, 15) is 0 Å². The second-order valence-electron chi connectivity index (χ2n) is 5.97. The van der Waals surface area contributed by atoms with Crippen molar-refractivity contribution in [3.63, 3.8) is 0 Å². The van der Waals surface area contributed by atoms with Gasteiger partial charge in [0.05, 0.1) is 13.7 Å². The normalized spacial score (nSPS) is 10.9. The van der Waals surface area contributed by atoms with Crippen LogP contribution in [0.2, 0.25) is 0 Å². The van der Waals surface area contributed by atoms with Gasteiger partial charge in [-0.15, -0.1) is 10.2 Å². The maximum absolute atomic E-state index is 5.45. The largest absolute Gasteiger partial charge is 0.497 e. The average Bonchev–Trinajstić information content (AvgIpc) is 3.13. The molecule has 0 spiro atoms. The van der Waals surface area contributed by atoms with Crippen molar-refractivity contribution in [1.29, 1.82) is 0 Å². The van der Waals surface area contributed by atoms with E-state index in [0.29, 0.717) is 6.61 Å². The highest BCUT2D eigenvalue weighted by Gasteiger charge is 2.14. The second-order valence-corrected chi connectivity index (χ2v) is 7.03. The van der Waals surface area contributed by atoms with Crippen LogP contribution in [-0.4, -0.2) is 40.8 Å². The lowest BCUT2D eigenvalue weighted by Gasteiger charge is -2.11. The number of ether oxygens (including phenoxy) is 2. The standard InChI is InChI=1S/C21H25N3O2S/c1-3-26-15-16-27-21-23-22-20(18-9-11-19(25-2)12-10-18)24(21)14-13-17-7-5-4-6-8-17/h4-12H,3,13-16H2,1-2H3. The van der Waals surface area contributed by atoms with Crippen LogP contribution in [0.5, 0.6) is 5.75 Å². The summed E-state index contributed by atoms with van der Waals surface area (Å²) in [5, 5.41) is 9.82. The number of aromatic nitrogens is 3. The molecule has 3 aromatic rings. The first-order valence-corrected chi connectivity index (χ1v) is 10.1. The summed E-state index contributed by atoms with van der Waals surface area (Å²) in [4.78, 5) is 0. The summed E-state index contributed by atoms with van der Waals surface area (Å²) in [5.74, 6) is 2.58. The van der Waals surface area contributed by atoms with Gasteiger partial charge in [-0.1, -0.05) is 42.1 Å². The minimum atomic E-state index is 0.713. The van der Waals surface area contributed by atoms with E-state index < -0.39 is 0 Å². The smallest absolute Gasteiger partial charge is 0.191 e. The third kappa shape index (κ3) is 5.34. The van der Waals surface area contributed by atoms with Gasteiger partial charge in [-0.3, -0.25) is 0 Å². The maximum Gasteiger partial charge on any atom is 0.191 e. The van der Waals surface area contributed by atoms with E-state index in [-0.39, 0.29) is 0 Å². The van der Waals surface area contributed by atoms with Crippen molar-refractivity contribution in [2.45, 2.75) is 25.0 Å². The number of nitrogens with zero attached hydrogens (tertiary/aromatic N) is 3. The van der Waals surface area contributed by atoms with Crippen LogP contribution in [0, 0.1) is 0 Å². The highest BCUT2D eigenvalue weighted by atomic mass is 32.2. The van der Waals surface area contributed by atoms with Gasteiger partial charge in [0.25, 0.3) is 0 Å². The van der Waals surface area contributed by atoms with E-state index >= 15 is 0 Å². The first-order valence-electron chi connectivity index (χ1n) is 9.14. The molecule has 6 heteroatoms. The fourth-order valence-corrected chi connectivity index (χ4v) is 3.59. The number of benzene rings is 2. The van der Waals surface area contributed by atoms with Gasteiger partial charge in [0.2, 0.25) is 0 Å². The van der Waals surface area contributed by atoms with Gasteiger partial charge >= 0.3 is 0 Å². The number of hydrogen-bond acceptors (Lipinski definition) is 5. The molecule has 0 aliphatic rings. The summed E-state index contributed by atoms with van der Waals surface area (Å²) in [7, 11) is 1.67. The van der Waals surface area contributed by atoms with Crippen LogP contribution >= 0.6 is 11.8 Å². The molecule has 0 saturated heterocycles. The SMILES string of the molecule is CCOCCSc1nnc(-c2ccc(OC)cc2)n1CCc1ccccc1. The zero-order valence-corrected chi connectivity index (χ0v) is 16.6. The van der Waals surface area contributed by atoms with Crippen molar-refractivity contribution < 1.29 is 9.47 Å². The fourth-order valence-electron chi connectivity index (χ4n) is 2.77. The zero-order valence-electron chi connectivity index (χ0n) is 15.8. The highest BCUT2D eigenvalue weighted by Crippen LogP contribution is 2.26. The van der Waals surface area contributed by atoms with E-state index in [1.54, 1.807) is 18.9 Å². The lowest BCUT2D eigenvalue weighted by Crippen LogP contribution is -2.06. The number of hydrogen-bond donors (Lipinski definition) is 0. The van der Waals surface area contributed by atoms with Crippen LogP contribution in [0.1, 0.15) is 12.5 Å². The molecule has 1 heterocycles. The van der Waals surface area contributed by atoms with Gasteiger partial charge in [0.1, 0.15) is 5.75 Å². The first-order chi connectivity index (χ1) is 13.3. The van der Waals surface area contributed by atoms with Crippen molar-refractivity contribution in [1.82, 2.24) is 14.8 Å². The van der Waals surface area contributed by atoms with E-state index in [2.05, 4.69) is 39.0 Å². The van der Waals surface area contributed by atoms with Crippen LogP contribution in [-0.2, 0) is 17.7 Å².